The number of nitrogens with zero attached hydrogens (tertiary/aromatic N) is 2. The number of sulfonamides is 1. The molecule has 1 aromatic rings. The molecule has 0 saturated carbocycles. The van der Waals surface area contributed by atoms with Gasteiger partial charge in [0, 0.05) is 25.8 Å². The number of hydrogen-bond acceptors (Lipinski definition) is 6. The van der Waals surface area contributed by atoms with E-state index in [0.717, 1.165) is 18.5 Å². The predicted molar refractivity (Wildman–Crippen MR) is 115 cm³/mol. The van der Waals surface area contributed by atoms with Gasteiger partial charge in [0.2, 0.25) is 10.0 Å². The van der Waals surface area contributed by atoms with Crippen LogP contribution in [0.3, 0.4) is 0 Å². The largest absolute Gasteiger partial charge is 0.444 e. The predicted octanol–water partition coefficient (Wildman–Crippen LogP) is 3.67. The maximum atomic E-state index is 13.0. The van der Waals surface area contributed by atoms with Gasteiger partial charge in [-0.25, -0.2) is 13.2 Å². The average molecular weight is 440 g/mol. The van der Waals surface area contributed by atoms with Crippen molar-refractivity contribution in [3.05, 3.63) is 40.4 Å². The molecule has 0 aromatic carbocycles. The standard InChI is InChI=1S/C20H29N3O4S2/c1-20(2,3)27-19(24)22-14-15-9-12-23(13-10-15)29(25,26)18-8-7-17(28-18)16-6-4-5-11-21-16/h4-6,8,11,15,17H,7,9-10,12-14H2,1-3H3,(H,22,24). The summed E-state index contributed by atoms with van der Waals surface area (Å²) in [7, 11) is -3.46. The van der Waals surface area contributed by atoms with Crippen LogP contribution in [0.4, 0.5) is 4.79 Å². The number of alkyl carbamates (subject to hydrolysis) is 1. The summed E-state index contributed by atoms with van der Waals surface area (Å²) in [5.41, 5.74) is 0.382. The van der Waals surface area contributed by atoms with E-state index in [1.54, 1.807) is 10.5 Å². The number of thioether (sulfide) groups is 1. The second-order valence-electron chi connectivity index (χ2n) is 8.35. The number of nitrogens with one attached hydrogen (secondary N) is 1. The summed E-state index contributed by atoms with van der Waals surface area (Å²) in [4.78, 5) is 16.1. The smallest absolute Gasteiger partial charge is 0.407 e. The van der Waals surface area contributed by atoms with Crippen LogP contribution in [0.25, 0.3) is 0 Å². The zero-order valence-electron chi connectivity index (χ0n) is 17.1. The number of aromatic nitrogens is 1. The summed E-state index contributed by atoms with van der Waals surface area (Å²) < 4.78 is 33.3. The van der Waals surface area contributed by atoms with Crippen molar-refractivity contribution in [3.8, 4) is 0 Å². The lowest BCUT2D eigenvalue weighted by Gasteiger charge is -2.31. The molecule has 29 heavy (non-hydrogen) atoms. The summed E-state index contributed by atoms with van der Waals surface area (Å²) in [6, 6.07) is 5.71. The van der Waals surface area contributed by atoms with Gasteiger partial charge in [0.15, 0.2) is 0 Å². The molecule has 0 spiro atoms. The maximum absolute atomic E-state index is 13.0. The first-order valence-corrected chi connectivity index (χ1v) is 12.2. The Labute approximate surface area is 177 Å². The minimum absolute atomic E-state index is 0.0524. The number of pyridine rings is 1. The summed E-state index contributed by atoms with van der Waals surface area (Å²) in [6.45, 7) is 6.91. The van der Waals surface area contributed by atoms with Crippen molar-refractivity contribution in [1.29, 1.82) is 0 Å². The van der Waals surface area contributed by atoms with Crippen LogP contribution in [-0.4, -0.2) is 49.0 Å². The van der Waals surface area contributed by atoms with E-state index in [4.69, 9.17) is 4.74 Å². The highest BCUT2D eigenvalue weighted by Crippen LogP contribution is 2.46. The lowest BCUT2D eigenvalue weighted by Crippen LogP contribution is -2.42. The minimum Gasteiger partial charge on any atom is -0.444 e. The first-order chi connectivity index (χ1) is 13.6. The molecule has 1 fully saturated rings. The number of rotatable bonds is 5. The molecule has 1 aromatic heterocycles. The van der Waals surface area contributed by atoms with Gasteiger partial charge in [-0.2, -0.15) is 4.31 Å². The fraction of sp³-hybridized carbons (Fsp3) is 0.600. The van der Waals surface area contributed by atoms with Crippen molar-refractivity contribution in [3.63, 3.8) is 0 Å². The van der Waals surface area contributed by atoms with Crippen LogP contribution >= 0.6 is 11.8 Å². The second kappa shape index (κ2) is 9.06. The van der Waals surface area contributed by atoms with Crippen LogP contribution in [0, 0.1) is 5.92 Å². The van der Waals surface area contributed by atoms with Gasteiger partial charge in [-0.1, -0.05) is 12.1 Å². The third kappa shape index (κ3) is 5.96. The average Bonchev–Trinajstić information content (AvgIpc) is 3.17. The molecule has 9 heteroatoms. The van der Waals surface area contributed by atoms with Crippen molar-refractivity contribution in [2.24, 2.45) is 5.92 Å². The van der Waals surface area contributed by atoms with Crippen molar-refractivity contribution >= 4 is 27.9 Å². The molecule has 7 nitrogen and oxygen atoms in total. The quantitative estimate of drug-likeness (QED) is 0.753. The Balaban J connectivity index is 1.48. The van der Waals surface area contributed by atoms with Crippen molar-refractivity contribution in [2.75, 3.05) is 19.6 Å². The van der Waals surface area contributed by atoms with E-state index >= 15 is 0 Å². The van der Waals surface area contributed by atoms with E-state index < -0.39 is 21.7 Å². The van der Waals surface area contributed by atoms with Gasteiger partial charge in [-0.05, 0) is 58.1 Å². The second-order valence-corrected chi connectivity index (χ2v) is 11.8. The van der Waals surface area contributed by atoms with Gasteiger partial charge >= 0.3 is 6.09 Å². The molecular formula is C20H29N3O4S2. The number of carbonyl (C=O) groups is 1. The third-order valence-electron chi connectivity index (χ3n) is 4.88. The lowest BCUT2D eigenvalue weighted by atomic mass is 9.98. The molecule has 0 bridgehead atoms. The molecule has 2 aliphatic heterocycles. The van der Waals surface area contributed by atoms with E-state index in [1.807, 2.05) is 45.0 Å². The molecule has 1 unspecified atom stereocenters. The van der Waals surface area contributed by atoms with Crippen LogP contribution in [0.2, 0.25) is 0 Å². The molecule has 160 valence electrons. The fourth-order valence-corrected chi connectivity index (χ4v) is 6.71. The van der Waals surface area contributed by atoms with E-state index in [2.05, 4.69) is 10.3 Å². The number of allylic oxidation sites excluding steroid dienone is 1. The molecule has 1 atom stereocenters. The molecule has 3 rings (SSSR count). The lowest BCUT2D eigenvalue weighted by molar-refractivity contribution is 0.0513. The molecule has 1 N–H and O–H groups in total. The highest BCUT2D eigenvalue weighted by Gasteiger charge is 2.35. The number of carbonyl (C=O) groups excluding carboxylic acids is 1. The highest BCUT2D eigenvalue weighted by atomic mass is 32.3. The molecule has 1 saturated heterocycles. The first-order valence-electron chi connectivity index (χ1n) is 9.90. The molecule has 1 amide bonds. The van der Waals surface area contributed by atoms with Crippen molar-refractivity contribution in [1.82, 2.24) is 14.6 Å². The van der Waals surface area contributed by atoms with E-state index in [9.17, 15) is 13.2 Å². The van der Waals surface area contributed by atoms with Crippen molar-refractivity contribution in [2.45, 2.75) is 50.9 Å². The summed E-state index contributed by atoms with van der Waals surface area (Å²) in [6.07, 6.45) is 5.23. The molecular weight excluding hydrogens is 410 g/mol. The SMILES string of the molecule is CC(C)(C)OC(=O)NCC1CCN(S(=O)(=O)C2=CCC(c3ccccn3)S2)CC1. The van der Waals surface area contributed by atoms with Gasteiger partial charge in [0.05, 0.1) is 10.9 Å². The molecule has 2 aliphatic rings. The normalized spacial score (nSPS) is 21.6. The summed E-state index contributed by atoms with van der Waals surface area (Å²) >= 11 is 1.38. The van der Waals surface area contributed by atoms with Crippen LogP contribution in [-0.2, 0) is 14.8 Å². The van der Waals surface area contributed by atoms with Gasteiger partial charge in [0.1, 0.15) is 9.84 Å². The topological polar surface area (TPSA) is 88.6 Å². The Morgan fingerprint density at radius 2 is 2.03 bits per heavy atom. The Hall–Kier alpha value is -1.58. The van der Waals surface area contributed by atoms with Crippen molar-refractivity contribution < 1.29 is 17.9 Å². The highest BCUT2D eigenvalue weighted by molar-refractivity contribution is 8.18. The van der Waals surface area contributed by atoms with E-state index in [-0.39, 0.29) is 11.2 Å². The zero-order chi connectivity index (χ0) is 21.1. The fourth-order valence-electron chi connectivity index (χ4n) is 3.38. The summed E-state index contributed by atoms with van der Waals surface area (Å²) in [5, 5.41) is 2.84. The zero-order valence-corrected chi connectivity index (χ0v) is 18.8. The Morgan fingerprint density at radius 1 is 1.31 bits per heavy atom. The van der Waals surface area contributed by atoms with Gasteiger partial charge in [-0.3, -0.25) is 4.98 Å². The maximum Gasteiger partial charge on any atom is 0.407 e. The van der Waals surface area contributed by atoms with Crippen LogP contribution in [0.15, 0.2) is 34.7 Å². The number of ether oxygens (including phenoxy) is 1. The molecule has 3 heterocycles. The number of piperidine rings is 1. The molecule has 0 radical (unpaired) electrons. The van der Waals surface area contributed by atoms with Gasteiger partial charge in [0.25, 0.3) is 0 Å². The first kappa shape index (κ1) is 22.1. The van der Waals surface area contributed by atoms with E-state index in [0.29, 0.717) is 30.3 Å². The van der Waals surface area contributed by atoms with Crippen LogP contribution < -0.4 is 5.32 Å². The van der Waals surface area contributed by atoms with Crippen LogP contribution in [0.5, 0.6) is 0 Å². The Bertz CT molecular complexity index is 842. The van der Waals surface area contributed by atoms with E-state index in [1.165, 1.54) is 11.8 Å². The Morgan fingerprint density at radius 3 is 2.66 bits per heavy atom. The van der Waals surface area contributed by atoms with Gasteiger partial charge in [-0.15, -0.1) is 11.8 Å². The monoisotopic (exact) mass is 439 g/mol. The van der Waals surface area contributed by atoms with Gasteiger partial charge < -0.3 is 10.1 Å². The Kier molecular flexibility index (Phi) is 6.90. The molecule has 0 aliphatic carbocycles. The minimum atomic E-state index is -3.46. The van der Waals surface area contributed by atoms with Crippen LogP contribution in [0.1, 0.15) is 51.0 Å². The number of hydrogen-bond donors (Lipinski definition) is 1. The third-order valence-corrected chi connectivity index (χ3v) is 8.63. The number of amides is 1. The summed E-state index contributed by atoms with van der Waals surface area (Å²) in [5.74, 6) is 0.250.